The summed E-state index contributed by atoms with van der Waals surface area (Å²) in [4.78, 5) is 29.4. The van der Waals surface area contributed by atoms with Crippen molar-refractivity contribution in [3.8, 4) is 5.75 Å². The minimum atomic E-state index is -3.96. The number of urea groups is 1. The fraction of sp³-hybridized carbons (Fsp3) is 0.333. The smallest absolute Gasteiger partial charge is 0.321 e. The van der Waals surface area contributed by atoms with Gasteiger partial charge in [0.2, 0.25) is 0 Å². The summed E-state index contributed by atoms with van der Waals surface area (Å²) >= 11 is 1.05. The molecule has 4 rings (SSSR count). The van der Waals surface area contributed by atoms with E-state index in [1.807, 2.05) is 6.92 Å². The van der Waals surface area contributed by atoms with Crippen LogP contribution < -0.4 is 14.8 Å². The zero-order valence-electron chi connectivity index (χ0n) is 22.2. The Balaban J connectivity index is 1.67. The highest BCUT2D eigenvalue weighted by Gasteiger charge is 2.35. The summed E-state index contributed by atoms with van der Waals surface area (Å²) in [7, 11) is -2.39. The van der Waals surface area contributed by atoms with Crippen molar-refractivity contribution in [1.82, 2.24) is 9.80 Å². The molecule has 10 nitrogen and oxygen atoms in total. The zero-order chi connectivity index (χ0) is 29.0. The molecule has 1 aliphatic rings. The first-order chi connectivity index (χ1) is 19.0. The number of sulfonamides is 1. The molecule has 3 N–H and O–H groups in total. The number of amides is 3. The van der Waals surface area contributed by atoms with E-state index in [1.54, 1.807) is 31.5 Å². The van der Waals surface area contributed by atoms with E-state index in [0.717, 1.165) is 11.3 Å². The summed E-state index contributed by atoms with van der Waals surface area (Å²) in [6.07, 6.45) is -0.670. The molecule has 3 amide bonds. The number of likely N-dealkylation sites (N-methyl/N-ethyl adjacent to an activating group) is 1. The summed E-state index contributed by atoms with van der Waals surface area (Å²) in [6.45, 7) is 3.60. The molecular weight excluding hydrogens is 559 g/mol. The number of para-hydroxylation sites is 1. The van der Waals surface area contributed by atoms with Crippen molar-refractivity contribution in [2.24, 2.45) is 5.92 Å². The molecule has 0 saturated heterocycles. The van der Waals surface area contributed by atoms with Crippen molar-refractivity contribution < 1.29 is 32.2 Å². The summed E-state index contributed by atoms with van der Waals surface area (Å²) in [6, 6.07) is 12.1. The van der Waals surface area contributed by atoms with Crippen LogP contribution in [0.2, 0.25) is 0 Å². The van der Waals surface area contributed by atoms with Gasteiger partial charge < -0.3 is 25.0 Å². The number of carbonyl (C=O) groups is 2. The van der Waals surface area contributed by atoms with Gasteiger partial charge in [0.05, 0.1) is 30.4 Å². The maximum absolute atomic E-state index is 13.6. The van der Waals surface area contributed by atoms with Crippen LogP contribution in [-0.4, -0.2) is 74.2 Å². The Kier molecular flexibility index (Phi) is 8.96. The zero-order valence-corrected chi connectivity index (χ0v) is 23.8. The molecule has 3 atom stereocenters. The Morgan fingerprint density at radius 3 is 2.60 bits per heavy atom. The van der Waals surface area contributed by atoms with E-state index in [1.165, 1.54) is 52.3 Å². The molecule has 0 saturated carbocycles. The number of nitrogens with one attached hydrogen (secondary N) is 2. The van der Waals surface area contributed by atoms with Crippen LogP contribution in [0.3, 0.4) is 0 Å². The molecule has 0 spiro atoms. The van der Waals surface area contributed by atoms with Gasteiger partial charge in [0.1, 0.15) is 16.1 Å². The number of aliphatic hydroxyl groups excluding tert-OH is 1. The molecule has 1 aliphatic heterocycles. The van der Waals surface area contributed by atoms with E-state index in [-0.39, 0.29) is 46.8 Å². The summed E-state index contributed by atoms with van der Waals surface area (Å²) < 4.78 is 48.3. The third-order valence-electron chi connectivity index (χ3n) is 6.59. The predicted molar refractivity (Wildman–Crippen MR) is 151 cm³/mol. The lowest BCUT2D eigenvalue weighted by Gasteiger charge is -2.38. The molecule has 13 heteroatoms. The van der Waals surface area contributed by atoms with Gasteiger partial charge in [-0.05, 0) is 54.8 Å². The van der Waals surface area contributed by atoms with E-state index in [0.29, 0.717) is 5.69 Å². The molecule has 2 heterocycles. The van der Waals surface area contributed by atoms with Crippen molar-refractivity contribution >= 4 is 44.7 Å². The molecule has 0 radical (unpaired) electrons. The van der Waals surface area contributed by atoms with Gasteiger partial charge in [-0.1, -0.05) is 19.1 Å². The number of ether oxygens (including phenoxy) is 1. The lowest BCUT2D eigenvalue weighted by atomic mass is 9.99. The maximum Gasteiger partial charge on any atom is 0.321 e. The maximum atomic E-state index is 13.6. The molecule has 2 aromatic carbocycles. The minimum absolute atomic E-state index is 0.0339. The molecule has 0 bridgehead atoms. The highest BCUT2D eigenvalue weighted by molar-refractivity contribution is 7.94. The van der Waals surface area contributed by atoms with Crippen molar-refractivity contribution in [2.45, 2.75) is 30.2 Å². The molecule has 0 fully saturated rings. The molecule has 40 heavy (non-hydrogen) atoms. The van der Waals surface area contributed by atoms with Crippen LogP contribution in [0.5, 0.6) is 5.75 Å². The number of benzene rings is 2. The van der Waals surface area contributed by atoms with E-state index < -0.39 is 39.9 Å². The van der Waals surface area contributed by atoms with Crippen LogP contribution in [0.4, 0.5) is 20.6 Å². The largest absolute Gasteiger partial charge is 0.485 e. The number of fused-ring (bicyclic) bond motifs is 1. The third kappa shape index (κ3) is 6.54. The fourth-order valence-corrected chi connectivity index (χ4v) is 6.31. The quantitative estimate of drug-likeness (QED) is 0.363. The first-order valence-electron chi connectivity index (χ1n) is 12.6. The highest BCUT2D eigenvalue weighted by atomic mass is 32.2. The third-order valence-corrected chi connectivity index (χ3v) is 9.35. The Morgan fingerprint density at radius 1 is 1.23 bits per heavy atom. The topological polar surface area (TPSA) is 128 Å². The van der Waals surface area contributed by atoms with Gasteiger partial charge in [-0.15, -0.1) is 11.3 Å². The fourth-order valence-electron chi connectivity index (χ4n) is 4.26. The SMILES string of the molecule is C[C@H](CO)N1C[C@H](C)[C@@H](CN(C)C(=O)Nc2ccc(F)cc2)Oc2c(NS(=O)(=O)c3cccs3)cccc2C1=O. The molecule has 0 unspecified atom stereocenters. The van der Waals surface area contributed by atoms with Gasteiger partial charge >= 0.3 is 6.03 Å². The van der Waals surface area contributed by atoms with Crippen molar-refractivity contribution in [3.05, 3.63) is 71.4 Å². The molecule has 214 valence electrons. The van der Waals surface area contributed by atoms with Gasteiger partial charge in [-0.3, -0.25) is 9.52 Å². The second-order valence-electron chi connectivity index (χ2n) is 9.66. The second-order valence-corrected chi connectivity index (χ2v) is 12.5. The van der Waals surface area contributed by atoms with Crippen molar-refractivity contribution in [1.29, 1.82) is 0 Å². The number of hydrogen-bond acceptors (Lipinski definition) is 7. The summed E-state index contributed by atoms with van der Waals surface area (Å²) in [5.74, 6) is -1.13. The average molecular weight is 591 g/mol. The van der Waals surface area contributed by atoms with Gasteiger partial charge in [0.15, 0.2) is 5.75 Å². The summed E-state index contributed by atoms with van der Waals surface area (Å²) in [5, 5.41) is 14.2. The molecular formula is C27H31FN4O6S2. The number of carbonyl (C=O) groups excluding carboxylic acids is 2. The number of anilines is 2. The van der Waals surface area contributed by atoms with Crippen LogP contribution in [-0.2, 0) is 10.0 Å². The normalized spacial score (nSPS) is 18.1. The number of aliphatic hydroxyl groups is 1. The molecule has 0 aliphatic carbocycles. The first kappa shape index (κ1) is 29.3. The Bertz CT molecular complexity index is 1450. The van der Waals surface area contributed by atoms with E-state index >= 15 is 0 Å². The van der Waals surface area contributed by atoms with E-state index in [2.05, 4.69) is 10.0 Å². The van der Waals surface area contributed by atoms with Gasteiger partial charge in [0.25, 0.3) is 15.9 Å². The second kappa shape index (κ2) is 12.2. The van der Waals surface area contributed by atoms with Crippen molar-refractivity contribution in [3.63, 3.8) is 0 Å². The van der Waals surface area contributed by atoms with Crippen LogP contribution in [0.1, 0.15) is 24.2 Å². The highest BCUT2D eigenvalue weighted by Crippen LogP contribution is 2.36. The minimum Gasteiger partial charge on any atom is -0.485 e. The molecule has 1 aromatic heterocycles. The Hall–Kier alpha value is -3.68. The number of hydrogen-bond donors (Lipinski definition) is 3. The van der Waals surface area contributed by atoms with E-state index in [9.17, 15) is 27.5 Å². The monoisotopic (exact) mass is 590 g/mol. The predicted octanol–water partition coefficient (Wildman–Crippen LogP) is 4.07. The first-order valence-corrected chi connectivity index (χ1v) is 14.9. The van der Waals surface area contributed by atoms with Crippen LogP contribution in [0.25, 0.3) is 0 Å². The number of halogens is 1. The molecule has 3 aromatic rings. The van der Waals surface area contributed by atoms with Crippen LogP contribution >= 0.6 is 11.3 Å². The Morgan fingerprint density at radius 2 is 1.95 bits per heavy atom. The lowest BCUT2D eigenvalue weighted by molar-refractivity contribution is 0.0373. The standard InChI is InChI=1S/C27H31FN4O6S2/c1-17-14-32(18(2)16-33)26(34)21-6-4-7-22(30-40(36,37)24-8-5-13-39-24)25(21)38-23(17)15-31(3)27(35)29-20-11-9-19(28)10-12-20/h4-13,17-18,23,30,33H,14-16H2,1-3H3,(H,29,35)/t17-,18+,23+/m0/s1. The van der Waals surface area contributed by atoms with Crippen LogP contribution in [0.15, 0.2) is 64.2 Å². The van der Waals surface area contributed by atoms with Gasteiger partial charge in [-0.25, -0.2) is 17.6 Å². The number of thiophene rings is 1. The van der Waals surface area contributed by atoms with Crippen molar-refractivity contribution in [2.75, 3.05) is 36.8 Å². The van der Waals surface area contributed by atoms with Gasteiger partial charge in [-0.2, -0.15) is 0 Å². The average Bonchev–Trinajstić information content (AvgIpc) is 3.48. The van der Waals surface area contributed by atoms with Crippen LogP contribution in [0, 0.1) is 11.7 Å². The Labute approximate surface area is 236 Å². The lowest BCUT2D eigenvalue weighted by Crippen LogP contribution is -2.50. The summed E-state index contributed by atoms with van der Waals surface area (Å²) in [5.41, 5.74) is 0.615. The number of rotatable bonds is 8. The van der Waals surface area contributed by atoms with Gasteiger partial charge in [0, 0.05) is 25.2 Å². The number of nitrogens with zero attached hydrogens (tertiary/aromatic N) is 2. The van der Waals surface area contributed by atoms with E-state index in [4.69, 9.17) is 4.74 Å².